The van der Waals surface area contributed by atoms with Crippen LogP contribution in [0.5, 0.6) is 5.75 Å². The van der Waals surface area contributed by atoms with E-state index in [1.54, 1.807) is 29.2 Å². The zero-order chi connectivity index (χ0) is 24.7. The number of likely N-dealkylation sites (N-methyl/N-ethyl adjacent to an activating group) is 1. The molecule has 192 valence electrons. The fraction of sp³-hybridized carbons (Fsp3) is 0.440. The number of ether oxygens (including phenoxy) is 1. The van der Waals surface area contributed by atoms with Crippen molar-refractivity contribution < 1.29 is 17.9 Å². The largest absolute Gasteiger partial charge is 0.492 e. The Morgan fingerprint density at radius 3 is 2.34 bits per heavy atom. The predicted octanol–water partition coefficient (Wildman–Crippen LogP) is 4.96. The van der Waals surface area contributed by atoms with Crippen LogP contribution in [-0.4, -0.2) is 62.7 Å². The molecule has 0 aliphatic heterocycles. The molecule has 0 unspecified atom stereocenters. The zero-order valence-corrected chi connectivity index (χ0v) is 23.1. The summed E-state index contributed by atoms with van der Waals surface area (Å²) in [4.78, 5) is 22.1. The quantitative estimate of drug-likeness (QED) is 0.323. The van der Waals surface area contributed by atoms with Gasteiger partial charge in [-0.05, 0) is 51.2 Å². The van der Waals surface area contributed by atoms with Gasteiger partial charge in [0.05, 0.1) is 22.0 Å². The Balaban J connectivity index is 0.00000432. The maximum Gasteiger partial charge on any atom is 0.229 e. The minimum Gasteiger partial charge on any atom is -0.492 e. The number of halogens is 1. The average Bonchev–Trinajstić information content (AvgIpc) is 3.26. The van der Waals surface area contributed by atoms with E-state index in [1.165, 1.54) is 11.3 Å². The number of para-hydroxylation sites is 1. The van der Waals surface area contributed by atoms with E-state index in [2.05, 4.69) is 18.7 Å². The van der Waals surface area contributed by atoms with Crippen molar-refractivity contribution in [2.45, 2.75) is 39.0 Å². The number of aromatic nitrogens is 1. The first-order valence-corrected chi connectivity index (χ1v) is 14.1. The van der Waals surface area contributed by atoms with E-state index in [0.717, 1.165) is 28.9 Å². The van der Waals surface area contributed by atoms with Gasteiger partial charge in [0.25, 0.3) is 0 Å². The number of nitrogens with zero attached hydrogens (tertiary/aromatic N) is 3. The Kier molecular flexibility index (Phi) is 11.0. The molecule has 0 aliphatic rings. The van der Waals surface area contributed by atoms with Crippen molar-refractivity contribution in [3.8, 4) is 5.75 Å². The van der Waals surface area contributed by atoms with Crippen LogP contribution in [0.1, 0.15) is 32.8 Å². The van der Waals surface area contributed by atoms with E-state index in [-0.39, 0.29) is 35.4 Å². The number of fused-ring (bicyclic) bond motifs is 1. The van der Waals surface area contributed by atoms with Crippen LogP contribution < -0.4 is 9.64 Å². The monoisotopic (exact) mass is 539 g/mol. The van der Waals surface area contributed by atoms with Crippen LogP contribution in [0.3, 0.4) is 0 Å². The van der Waals surface area contributed by atoms with Gasteiger partial charge >= 0.3 is 0 Å². The van der Waals surface area contributed by atoms with Gasteiger partial charge in [-0.1, -0.05) is 48.9 Å². The third-order valence-electron chi connectivity index (χ3n) is 5.70. The van der Waals surface area contributed by atoms with Crippen LogP contribution in [0.4, 0.5) is 5.13 Å². The normalized spacial score (nSPS) is 11.5. The Morgan fingerprint density at radius 2 is 1.71 bits per heavy atom. The second-order valence-corrected chi connectivity index (χ2v) is 11.1. The van der Waals surface area contributed by atoms with Gasteiger partial charge < -0.3 is 9.64 Å². The smallest absolute Gasteiger partial charge is 0.229 e. The minimum atomic E-state index is -3.56. The van der Waals surface area contributed by atoms with Crippen molar-refractivity contribution in [3.05, 3.63) is 48.0 Å². The molecular weight excluding hydrogens is 506 g/mol. The first kappa shape index (κ1) is 29.0. The molecule has 7 nitrogen and oxygen atoms in total. The molecule has 2 aromatic carbocycles. The van der Waals surface area contributed by atoms with Crippen molar-refractivity contribution in [2.24, 2.45) is 0 Å². The van der Waals surface area contributed by atoms with Gasteiger partial charge in [-0.3, -0.25) is 9.69 Å². The molecule has 0 radical (unpaired) electrons. The number of sulfone groups is 1. The maximum atomic E-state index is 13.3. The molecule has 10 heteroatoms. The lowest BCUT2D eigenvalue weighted by Crippen LogP contribution is -2.39. The van der Waals surface area contributed by atoms with E-state index in [4.69, 9.17) is 9.72 Å². The second kappa shape index (κ2) is 13.2. The molecule has 0 fully saturated rings. The minimum absolute atomic E-state index is 0. The zero-order valence-electron chi connectivity index (χ0n) is 20.7. The highest BCUT2D eigenvalue weighted by Gasteiger charge is 2.24. The molecule has 3 aromatic rings. The van der Waals surface area contributed by atoms with Crippen molar-refractivity contribution in [1.82, 2.24) is 9.88 Å². The summed E-state index contributed by atoms with van der Waals surface area (Å²) in [7, 11) is -3.56. The van der Waals surface area contributed by atoms with E-state index in [9.17, 15) is 13.2 Å². The number of hydrogen-bond donors (Lipinski definition) is 0. The van der Waals surface area contributed by atoms with Crippen molar-refractivity contribution >= 4 is 54.8 Å². The number of rotatable bonds is 12. The standard InChI is InChI=1S/C25H33N3O4S2.ClH/c1-5-27(6-2)16-17-28(25-26-24-21(32-7-3)9-8-10-22(24)33-25)23(29)15-18-34(30,31)20-13-11-19(4)12-14-20;/h8-14H,5-7,15-18H2,1-4H3;1H. The van der Waals surface area contributed by atoms with Crippen LogP contribution in [0.25, 0.3) is 10.2 Å². The molecule has 35 heavy (non-hydrogen) atoms. The lowest BCUT2D eigenvalue weighted by molar-refractivity contribution is -0.118. The fourth-order valence-electron chi connectivity index (χ4n) is 3.63. The topological polar surface area (TPSA) is 79.8 Å². The molecule has 0 aliphatic carbocycles. The number of benzene rings is 2. The molecule has 3 rings (SSSR count). The summed E-state index contributed by atoms with van der Waals surface area (Å²) in [5.74, 6) is 0.187. The number of carbonyl (C=O) groups is 1. The van der Waals surface area contributed by atoms with E-state index in [0.29, 0.717) is 30.6 Å². The first-order valence-electron chi connectivity index (χ1n) is 11.6. The number of amides is 1. The highest BCUT2D eigenvalue weighted by molar-refractivity contribution is 7.91. The van der Waals surface area contributed by atoms with Crippen molar-refractivity contribution in [2.75, 3.05) is 43.4 Å². The third-order valence-corrected chi connectivity index (χ3v) is 8.48. The van der Waals surface area contributed by atoms with Gasteiger partial charge in [0.1, 0.15) is 11.3 Å². The molecule has 1 heterocycles. The van der Waals surface area contributed by atoms with E-state index >= 15 is 0 Å². The highest BCUT2D eigenvalue weighted by Crippen LogP contribution is 2.34. The molecule has 1 amide bonds. The highest BCUT2D eigenvalue weighted by atomic mass is 35.5. The molecule has 0 N–H and O–H groups in total. The molecule has 0 saturated carbocycles. The number of anilines is 1. The number of hydrogen-bond acceptors (Lipinski definition) is 7. The van der Waals surface area contributed by atoms with Crippen molar-refractivity contribution in [3.63, 3.8) is 0 Å². The molecule has 0 spiro atoms. The molecule has 0 bridgehead atoms. The Bertz CT molecular complexity index is 1210. The van der Waals surface area contributed by atoms with Gasteiger partial charge in [-0.25, -0.2) is 13.4 Å². The van der Waals surface area contributed by atoms with Crippen molar-refractivity contribution in [1.29, 1.82) is 0 Å². The van der Waals surface area contributed by atoms with Crippen LogP contribution in [-0.2, 0) is 14.6 Å². The molecule has 0 atom stereocenters. The molecule has 0 saturated heterocycles. The summed E-state index contributed by atoms with van der Waals surface area (Å²) in [6, 6.07) is 12.4. The second-order valence-electron chi connectivity index (χ2n) is 7.99. The van der Waals surface area contributed by atoms with Crippen LogP contribution in [0.2, 0.25) is 0 Å². The van der Waals surface area contributed by atoms with Gasteiger partial charge in [0.15, 0.2) is 15.0 Å². The SMILES string of the molecule is CCOc1cccc2sc(N(CCN(CC)CC)C(=O)CCS(=O)(=O)c3ccc(C)cc3)nc12.Cl. The summed E-state index contributed by atoms with van der Waals surface area (Å²) in [5.41, 5.74) is 1.71. The molecular formula is C25H34ClN3O4S2. The number of carbonyl (C=O) groups excluding carboxylic acids is 1. The third kappa shape index (κ3) is 7.39. The van der Waals surface area contributed by atoms with Gasteiger partial charge in [0, 0.05) is 19.5 Å². The maximum absolute atomic E-state index is 13.3. The Hall–Kier alpha value is -2.20. The van der Waals surface area contributed by atoms with Gasteiger partial charge in [-0.2, -0.15) is 0 Å². The number of thiazole rings is 1. The summed E-state index contributed by atoms with van der Waals surface area (Å²) in [5, 5.41) is 0.562. The number of aryl methyl sites for hydroxylation is 1. The fourth-order valence-corrected chi connectivity index (χ4v) is 5.88. The Labute approximate surface area is 218 Å². The average molecular weight is 540 g/mol. The van der Waals surface area contributed by atoms with Crippen LogP contribution in [0.15, 0.2) is 47.4 Å². The summed E-state index contributed by atoms with van der Waals surface area (Å²) >= 11 is 1.42. The molecule has 1 aromatic heterocycles. The summed E-state index contributed by atoms with van der Waals surface area (Å²) in [6.45, 7) is 11.4. The summed E-state index contributed by atoms with van der Waals surface area (Å²) < 4.78 is 32.3. The van der Waals surface area contributed by atoms with Gasteiger partial charge in [-0.15, -0.1) is 12.4 Å². The van der Waals surface area contributed by atoms with E-state index in [1.807, 2.05) is 32.0 Å². The van der Waals surface area contributed by atoms with Crippen LogP contribution >= 0.6 is 23.7 Å². The van der Waals surface area contributed by atoms with E-state index < -0.39 is 9.84 Å². The lowest BCUT2D eigenvalue weighted by atomic mass is 10.2. The first-order chi connectivity index (χ1) is 16.3. The van der Waals surface area contributed by atoms with Gasteiger partial charge in [0.2, 0.25) is 5.91 Å². The predicted molar refractivity (Wildman–Crippen MR) is 146 cm³/mol. The Morgan fingerprint density at radius 1 is 1.03 bits per heavy atom. The summed E-state index contributed by atoms with van der Waals surface area (Å²) in [6.07, 6.45) is -0.108. The van der Waals surface area contributed by atoms with Crippen LogP contribution in [0, 0.1) is 6.92 Å². The lowest BCUT2D eigenvalue weighted by Gasteiger charge is -2.24.